The minimum atomic E-state index is -0.340. The molecule has 0 rings (SSSR count). The minimum Gasteiger partial charge on any atom is -0.463 e. The molecule has 0 aromatic rings. The zero-order valence-electron chi connectivity index (χ0n) is 11.0. The monoisotopic (exact) mass is 253 g/mol. The molecule has 18 heavy (non-hydrogen) atoms. The van der Waals surface area contributed by atoms with Gasteiger partial charge in [0.1, 0.15) is 0 Å². The zero-order chi connectivity index (χ0) is 13.5. The summed E-state index contributed by atoms with van der Waals surface area (Å²) in [5, 5.41) is 0. The Balaban J connectivity index is 3.05. The smallest absolute Gasteiger partial charge is 0.330 e. The van der Waals surface area contributed by atoms with Crippen LogP contribution in [-0.2, 0) is 14.3 Å². The van der Waals surface area contributed by atoms with Crippen molar-refractivity contribution >= 4 is 12.0 Å². The second kappa shape index (κ2) is 13.7. The van der Waals surface area contributed by atoms with Crippen molar-refractivity contribution in [2.75, 3.05) is 13.2 Å². The van der Waals surface area contributed by atoms with Crippen LogP contribution in [0.4, 0.5) is 0 Å². The predicted octanol–water partition coefficient (Wildman–Crippen LogP) is 3.17. The molecule has 102 valence electrons. The van der Waals surface area contributed by atoms with Crippen molar-refractivity contribution in [3.63, 3.8) is 0 Å². The fraction of sp³-hybridized carbons (Fsp3) is 0.714. The lowest BCUT2D eigenvalue weighted by Gasteiger charge is -2.02. The number of ether oxygens (including phenoxy) is 1. The van der Waals surface area contributed by atoms with Crippen molar-refractivity contribution in [3.8, 4) is 0 Å². The van der Waals surface area contributed by atoms with E-state index in [9.17, 15) is 9.59 Å². The maximum atomic E-state index is 10.7. The third-order valence-electron chi connectivity index (χ3n) is 2.64. The number of hydrogen-bond acceptors (Lipinski definition) is 4. The van der Waals surface area contributed by atoms with Crippen molar-refractivity contribution in [3.05, 3.63) is 12.7 Å². The Morgan fingerprint density at radius 1 is 1.06 bits per heavy atom. The summed E-state index contributed by atoms with van der Waals surface area (Å²) in [5.41, 5.74) is 0. The summed E-state index contributed by atoms with van der Waals surface area (Å²) in [4.78, 5) is 24.0. The molecule has 0 aliphatic carbocycles. The lowest BCUT2D eigenvalue weighted by molar-refractivity contribution is -0.137. The first-order valence-electron chi connectivity index (χ1n) is 6.64. The third kappa shape index (κ3) is 12.7. The van der Waals surface area contributed by atoms with E-state index in [4.69, 9.17) is 4.74 Å². The Bertz CT molecular complexity index is 270. The molecule has 0 aliphatic rings. The van der Waals surface area contributed by atoms with E-state index in [1.807, 2.05) is 0 Å². The summed E-state index contributed by atoms with van der Waals surface area (Å²) in [7, 11) is 0. The van der Waals surface area contributed by atoms with E-state index >= 15 is 0 Å². The highest BCUT2D eigenvalue weighted by Crippen LogP contribution is 2.08. The van der Waals surface area contributed by atoms with E-state index in [0.717, 1.165) is 25.7 Å². The highest BCUT2D eigenvalue weighted by Gasteiger charge is 1.95. The van der Waals surface area contributed by atoms with Gasteiger partial charge in [-0.25, -0.2) is 14.6 Å². The molecule has 0 aliphatic heterocycles. The van der Waals surface area contributed by atoms with E-state index in [2.05, 4.69) is 11.6 Å². The Hall–Kier alpha value is -1.41. The van der Waals surface area contributed by atoms with E-state index < -0.39 is 0 Å². The molecule has 0 saturated carbocycles. The Morgan fingerprint density at radius 3 is 2.17 bits per heavy atom. The lowest BCUT2D eigenvalue weighted by atomic mass is 10.1. The van der Waals surface area contributed by atoms with Crippen LogP contribution in [0.2, 0.25) is 0 Å². The van der Waals surface area contributed by atoms with Crippen LogP contribution in [0.5, 0.6) is 0 Å². The number of esters is 1. The van der Waals surface area contributed by atoms with Crippen LogP contribution in [0.1, 0.15) is 51.4 Å². The van der Waals surface area contributed by atoms with Crippen LogP contribution in [0.25, 0.3) is 0 Å². The zero-order valence-corrected chi connectivity index (χ0v) is 11.0. The molecule has 0 unspecified atom stereocenters. The first kappa shape index (κ1) is 16.6. The second-order valence-corrected chi connectivity index (χ2v) is 4.17. The summed E-state index contributed by atoms with van der Waals surface area (Å²) in [6.07, 6.45) is 11.7. The minimum absolute atomic E-state index is 0.340. The molecule has 4 nitrogen and oxygen atoms in total. The number of isocyanates is 1. The molecule has 0 radical (unpaired) electrons. The van der Waals surface area contributed by atoms with Crippen molar-refractivity contribution in [1.29, 1.82) is 0 Å². The Labute approximate surface area is 109 Å². The van der Waals surface area contributed by atoms with Crippen molar-refractivity contribution in [2.45, 2.75) is 51.4 Å². The predicted molar refractivity (Wildman–Crippen MR) is 71.1 cm³/mol. The maximum Gasteiger partial charge on any atom is 0.330 e. The average Bonchev–Trinajstić information content (AvgIpc) is 2.39. The molecule has 0 aromatic carbocycles. The summed E-state index contributed by atoms with van der Waals surface area (Å²) in [5.74, 6) is -0.340. The van der Waals surface area contributed by atoms with Gasteiger partial charge in [0.2, 0.25) is 6.08 Å². The standard InChI is InChI=1S/C14H23NO3/c1-2-14(17)18-12-10-8-6-4-3-5-7-9-11-15-13-16/h2H,1,3-12H2. The van der Waals surface area contributed by atoms with Gasteiger partial charge in [0, 0.05) is 6.08 Å². The van der Waals surface area contributed by atoms with Gasteiger partial charge in [0.05, 0.1) is 13.2 Å². The number of hydrogen-bond donors (Lipinski definition) is 0. The van der Waals surface area contributed by atoms with Crippen LogP contribution < -0.4 is 0 Å². The third-order valence-corrected chi connectivity index (χ3v) is 2.64. The number of nitrogens with zero attached hydrogens (tertiary/aromatic N) is 1. The van der Waals surface area contributed by atoms with Gasteiger partial charge >= 0.3 is 5.97 Å². The summed E-state index contributed by atoms with van der Waals surface area (Å²) in [6.45, 7) is 4.44. The molecule has 0 atom stereocenters. The van der Waals surface area contributed by atoms with Crippen LogP contribution in [0.3, 0.4) is 0 Å². The van der Waals surface area contributed by atoms with Gasteiger partial charge in [-0.1, -0.05) is 45.1 Å². The summed E-state index contributed by atoms with van der Waals surface area (Å²) >= 11 is 0. The van der Waals surface area contributed by atoms with Crippen LogP contribution in [0.15, 0.2) is 17.6 Å². The van der Waals surface area contributed by atoms with Gasteiger partial charge in [-0.3, -0.25) is 0 Å². The number of aliphatic imine (C=N–C) groups is 1. The topological polar surface area (TPSA) is 55.7 Å². The lowest BCUT2D eigenvalue weighted by Crippen LogP contribution is -2.01. The van der Waals surface area contributed by atoms with E-state index in [1.165, 1.54) is 31.8 Å². The molecule has 4 heteroatoms. The average molecular weight is 253 g/mol. The Kier molecular flexibility index (Phi) is 12.6. The summed E-state index contributed by atoms with van der Waals surface area (Å²) < 4.78 is 4.87. The fourth-order valence-corrected chi connectivity index (χ4v) is 1.63. The van der Waals surface area contributed by atoms with Gasteiger partial charge in [0.25, 0.3) is 0 Å². The van der Waals surface area contributed by atoms with Gasteiger partial charge in [-0.15, -0.1) is 0 Å². The van der Waals surface area contributed by atoms with E-state index in [0.29, 0.717) is 13.2 Å². The molecule has 0 spiro atoms. The quantitative estimate of drug-likeness (QED) is 0.176. The highest BCUT2D eigenvalue weighted by atomic mass is 16.5. The second-order valence-electron chi connectivity index (χ2n) is 4.17. The molecule has 0 aromatic heterocycles. The van der Waals surface area contributed by atoms with E-state index in [1.54, 1.807) is 6.08 Å². The molecular formula is C14H23NO3. The molecule has 0 saturated heterocycles. The molecule has 0 heterocycles. The summed E-state index contributed by atoms with van der Waals surface area (Å²) in [6, 6.07) is 0. The molecule has 0 bridgehead atoms. The largest absolute Gasteiger partial charge is 0.463 e. The number of carbonyl (C=O) groups is 1. The first-order chi connectivity index (χ1) is 8.81. The fourth-order valence-electron chi connectivity index (χ4n) is 1.63. The number of carbonyl (C=O) groups excluding carboxylic acids is 2. The van der Waals surface area contributed by atoms with Crippen LogP contribution >= 0.6 is 0 Å². The van der Waals surface area contributed by atoms with E-state index in [-0.39, 0.29) is 5.97 Å². The normalized spacial score (nSPS) is 9.56. The van der Waals surface area contributed by atoms with Crippen molar-refractivity contribution in [2.24, 2.45) is 4.99 Å². The molecule has 0 N–H and O–H groups in total. The maximum absolute atomic E-state index is 10.7. The van der Waals surface area contributed by atoms with Crippen LogP contribution in [0, 0.1) is 0 Å². The van der Waals surface area contributed by atoms with Gasteiger partial charge < -0.3 is 4.74 Å². The van der Waals surface area contributed by atoms with Gasteiger partial charge in [0.15, 0.2) is 0 Å². The highest BCUT2D eigenvalue weighted by molar-refractivity contribution is 5.81. The van der Waals surface area contributed by atoms with Crippen molar-refractivity contribution < 1.29 is 14.3 Å². The molecular weight excluding hydrogens is 230 g/mol. The molecule has 0 amide bonds. The number of rotatable bonds is 12. The number of unbranched alkanes of at least 4 members (excludes halogenated alkanes) is 7. The Morgan fingerprint density at radius 2 is 1.61 bits per heavy atom. The molecule has 0 fully saturated rings. The van der Waals surface area contributed by atoms with Gasteiger partial charge in [-0.2, -0.15) is 0 Å². The van der Waals surface area contributed by atoms with Crippen LogP contribution in [-0.4, -0.2) is 25.2 Å². The first-order valence-corrected chi connectivity index (χ1v) is 6.64. The SMILES string of the molecule is C=CC(=O)OCCCCCCCCCCN=C=O. The van der Waals surface area contributed by atoms with Crippen molar-refractivity contribution in [1.82, 2.24) is 0 Å². The van der Waals surface area contributed by atoms with Gasteiger partial charge in [-0.05, 0) is 12.8 Å².